The topological polar surface area (TPSA) is 51.8 Å². The molecule has 0 unspecified atom stereocenters. The molecule has 4 nitrogen and oxygen atoms in total. The van der Waals surface area contributed by atoms with Gasteiger partial charge in [0, 0.05) is 33.0 Å². The van der Waals surface area contributed by atoms with E-state index in [1.165, 1.54) is 44.5 Å². The molecule has 4 heteroatoms. The SMILES string of the molecule is c1ccc(-c2nc(-c3ccccc3)nc(-c3cccc(-c4cccc5oc6c7c(ccc6c45)C4(c5ccccc5-c5ccccc54)c4ccccc4-7)c3)n2)cc1. The zero-order valence-electron chi connectivity index (χ0n) is 30.1. The fourth-order valence-electron chi connectivity index (χ4n) is 9.46. The van der Waals surface area contributed by atoms with E-state index in [1.807, 2.05) is 60.7 Å². The lowest BCUT2D eigenvalue weighted by atomic mass is 9.70. The third-order valence-electron chi connectivity index (χ3n) is 11.8. The zero-order chi connectivity index (χ0) is 36.8. The highest BCUT2D eigenvalue weighted by molar-refractivity contribution is 6.17. The number of hydrogen-bond donors (Lipinski definition) is 0. The first kappa shape index (κ1) is 31.0. The summed E-state index contributed by atoms with van der Waals surface area (Å²) in [4.78, 5) is 15.0. The van der Waals surface area contributed by atoms with Gasteiger partial charge in [-0.3, -0.25) is 0 Å². The minimum Gasteiger partial charge on any atom is -0.455 e. The van der Waals surface area contributed by atoms with Gasteiger partial charge in [-0.25, -0.2) is 15.0 Å². The second kappa shape index (κ2) is 11.8. The molecular formula is C52H31N3O. The Labute approximate surface area is 323 Å². The zero-order valence-corrected chi connectivity index (χ0v) is 30.1. The van der Waals surface area contributed by atoms with Crippen LogP contribution in [0.1, 0.15) is 22.3 Å². The Morgan fingerprint density at radius 1 is 0.357 bits per heavy atom. The molecule has 1 spiro atoms. The van der Waals surface area contributed by atoms with Crippen molar-refractivity contribution < 1.29 is 4.42 Å². The van der Waals surface area contributed by atoms with Crippen molar-refractivity contribution in [3.8, 4) is 67.5 Å². The molecule has 10 aromatic rings. The van der Waals surface area contributed by atoms with Crippen LogP contribution < -0.4 is 0 Å². The van der Waals surface area contributed by atoms with Crippen molar-refractivity contribution in [2.45, 2.75) is 5.41 Å². The number of benzene rings is 8. The molecule has 2 aromatic heterocycles. The van der Waals surface area contributed by atoms with Gasteiger partial charge in [0.2, 0.25) is 0 Å². The van der Waals surface area contributed by atoms with Gasteiger partial charge in [-0.05, 0) is 62.2 Å². The smallest absolute Gasteiger partial charge is 0.164 e. The third-order valence-corrected chi connectivity index (χ3v) is 11.8. The normalized spacial score (nSPS) is 13.1. The molecule has 0 amide bonds. The van der Waals surface area contributed by atoms with E-state index >= 15 is 0 Å². The summed E-state index contributed by atoms with van der Waals surface area (Å²) in [6.07, 6.45) is 0. The maximum absolute atomic E-state index is 7.00. The quantitative estimate of drug-likeness (QED) is 0.182. The summed E-state index contributed by atoms with van der Waals surface area (Å²) in [5, 5.41) is 2.20. The van der Waals surface area contributed by atoms with Gasteiger partial charge in [0.15, 0.2) is 17.5 Å². The number of nitrogens with zero attached hydrogens (tertiary/aromatic N) is 3. The monoisotopic (exact) mass is 713 g/mol. The van der Waals surface area contributed by atoms with E-state index in [0.29, 0.717) is 17.5 Å². The van der Waals surface area contributed by atoms with E-state index < -0.39 is 5.41 Å². The van der Waals surface area contributed by atoms with Gasteiger partial charge in [-0.1, -0.05) is 176 Å². The highest BCUT2D eigenvalue weighted by Gasteiger charge is 2.52. The Hall–Kier alpha value is -7.43. The molecule has 2 aliphatic carbocycles. The number of rotatable bonds is 4. The van der Waals surface area contributed by atoms with Crippen LogP contribution >= 0.6 is 0 Å². The predicted molar refractivity (Wildman–Crippen MR) is 225 cm³/mol. The number of aromatic nitrogens is 3. The summed E-state index contributed by atoms with van der Waals surface area (Å²) in [5.74, 6) is 1.91. The molecule has 0 aliphatic heterocycles. The average molecular weight is 714 g/mol. The lowest BCUT2D eigenvalue weighted by Crippen LogP contribution is -2.25. The van der Waals surface area contributed by atoms with Gasteiger partial charge < -0.3 is 4.42 Å². The molecule has 0 fully saturated rings. The van der Waals surface area contributed by atoms with Crippen molar-refractivity contribution >= 4 is 21.9 Å². The van der Waals surface area contributed by atoms with Crippen molar-refractivity contribution in [2.75, 3.05) is 0 Å². The summed E-state index contributed by atoms with van der Waals surface area (Å²) < 4.78 is 7.00. The second-order valence-corrected chi connectivity index (χ2v) is 14.7. The van der Waals surface area contributed by atoms with Gasteiger partial charge in [0.25, 0.3) is 0 Å². The van der Waals surface area contributed by atoms with Crippen molar-refractivity contribution in [3.63, 3.8) is 0 Å². The molecule has 0 atom stereocenters. The van der Waals surface area contributed by atoms with Gasteiger partial charge in [-0.2, -0.15) is 0 Å². The molecule has 0 radical (unpaired) electrons. The minimum absolute atomic E-state index is 0.425. The molecule has 8 aromatic carbocycles. The van der Waals surface area contributed by atoms with Gasteiger partial charge >= 0.3 is 0 Å². The first-order valence-corrected chi connectivity index (χ1v) is 19.0. The predicted octanol–water partition coefficient (Wildman–Crippen LogP) is 12.8. The summed E-state index contributed by atoms with van der Waals surface area (Å²) in [7, 11) is 0. The number of furan rings is 1. The minimum atomic E-state index is -0.425. The molecule has 2 aliphatic rings. The van der Waals surface area contributed by atoms with Crippen LogP contribution in [0.15, 0.2) is 192 Å². The van der Waals surface area contributed by atoms with E-state index in [9.17, 15) is 0 Å². The van der Waals surface area contributed by atoms with Crippen molar-refractivity contribution in [1.82, 2.24) is 15.0 Å². The highest BCUT2D eigenvalue weighted by atomic mass is 16.3. The van der Waals surface area contributed by atoms with Crippen LogP contribution in [0.2, 0.25) is 0 Å². The molecule has 56 heavy (non-hydrogen) atoms. The Morgan fingerprint density at radius 3 is 1.48 bits per heavy atom. The van der Waals surface area contributed by atoms with Gasteiger partial charge in [0.1, 0.15) is 11.2 Å². The summed E-state index contributed by atoms with van der Waals surface area (Å²) in [6, 6.07) is 66.5. The van der Waals surface area contributed by atoms with E-state index in [-0.39, 0.29) is 0 Å². The van der Waals surface area contributed by atoms with Gasteiger partial charge in [-0.15, -0.1) is 0 Å². The average Bonchev–Trinajstić information content (AvgIpc) is 3.91. The number of fused-ring (bicyclic) bond motifs is 14. The highest BCUT2D eigenvalue weighted by Crippen LogP contribution is 2.64. The second-order valence-electron chi connectivity index (χ2n) is 14.7. The molecule has 2 heterocycles. The fourth-order valence-corrected chi connectivity index (χ4v) is 9.46. The molecular weight excluding hydrogens is 683 g/mol. The summed E-state index contributed by atoms with van der Waals surface area (Å²) >= 11 is 0. The Morgan fingerprint density at radius 2 is 0.839 bits per heavy atom. The van der Waals surface area contributed by atoms with Crippen molar-refractivity contribution in [1.29, 1.82) is 0 Å². The van der Waals surface area contributed by atoms with E-state index in [2.05, 4.69) is 127 Å². The van der Waals surface area contributed by atoms with Gasteiger partial charge in [0.05, 0.1) is 5.41 Å². The maximum atomic E-state index is 7.00. The summed E-state index contributed by atoms with van der Waals surface area (Å²) in [6.45, 7) is 0. The molecule has 0 bridgehead atoms. The van der Waals surface area contributed by atoms with E-state index in [0.717, 1.165) is 49.8 Å². The van der Waals surface area contributed by atoms with Crippen LogP contribution in [0.4, 0.5) is 0 Å². The first-order valence-electron chi connectivity index (χ1n) is 19.0. The van der Waals surface area contributed by atoms with E-state index in [4.69, 9.17) is 19.4 Å². The molecule has 260 valence electrons. The maximum Gasteiger partial charge on any atom is 0.164 e. The van der Waals surface area contributed by atoms with Crippen molar-refractivity contribution in [2.24, 2.45) is 0 Å². The molecule has 0 saturated heterocycles. The van der Waals surface area contributed by atoms with Crippen LogP contribution in [0.5, 0.6) is 0 Å². The third kappa shape index (κ3) is 4.27. The first-order chi connectivity index (χ1) is 27.8. The molecule has 0 saturated carbocycles. The molecule has 0 N–H and O–H groups in total. The Bertz CT molecular complexity index is 3100. The van der Waals surface area contributed by atoms with Crippen LogP contribution in [0.3, 0.4) is 0 Å². The lowest BCUT2D eigenvalue weighted by molar-refractivity contribution is 0.669. The largest absolute Gasteiger partial charge is 0.455 e. The van der Waals surface area contributed by atoms with Crippen LogP contribution in [-0.2, 0) is 5.41 Å². The Kier molecular flexibility index (Phi) is 6.52. The van der Waals surface area contributed by atoms with Crippen LogP contribution in [0.25, 0.3) is 89.5 Å². The lowest BCUT2D eigenvalue weighted by Gasteiger charge is -2.30. The molecule has 12 rings (SSSR count). The standard InChI is InChI=1S/C52H31N3O/c1-3-15-32(16-4-1)49-53-50(33-17-5-2-6-18-33)55-51(54-49)35-20-13-19-34(31-35)36-24-14-28-45-46(36)40-29-30-44-47(48(40)56-45)39-23-9-12-27-43(39)52(44)41-25-10-7-21-37(41)38-22-8-11-26-42(38)52/h1-31H. The van der Waals surface area contributed by atoms with Crippen LogP contribution in [0, 0.1) is 0 Å². The van der Waals surface area contributed by atoms with E-state index in [1.54, 1.807) is 0 Å². The Balaban J connectivity index is 1.06. The van der Waals surface area contributed by atoms with Crippen LogP contribution in [-0.4, -0.2) is 15.0 Å². The fraction of sp³-hybridized carbons (Fsp3) is 0.0192. The van der Waals surface area contributed by atoms with Crippen molar-refractivity contribution in [3.05, 3.63) is 210 Å². The number of hydrogen-bond acceptors (Lipinski definition) is 4. The summed E-state index contributed by atoms with van der Waals surface area (Å²) in [5.41, 5.74) is 16.5.